The van der Waals surface area contributed by atoms with Gasteiger partial charge in [-0.25, -0.2) is 9.97 Å². The Labute approximate surface area is 78.2 Å². The van der Waals surface area contributed by atoms with Gasteiger partial charge in [-0.1, -0.05) is 20.8 Å². The van der Waals surface area contributed by atoms with E-state index in [-0.39, 0.29) is 11.2 Å². The molecule has 1 heterocycles. The number of Topliss-reactive ketones (excluding diaryl/α,β-unsaturated/α-hetero) is 1. The third-order valence-electron chi connectivity index (χ3n) is 1.80. The lowest BCUT2D eigenvalue weighted by Gasteiger charge is -2.17. The molecule has 1 rings (SSSR count). The summed E-state index contributed by atoms with van der Waals surface area (Å²) in [6, 6.07) is 1.75. The van der Waals surface area contributed by atoms with E-state index in [9.17, 15) is 4.79 Å². The van der Waals surface area contributed by atoms with Crippen LogP contribution in [0.25, 0.3) is 0 Å². The van der Waals surface area contributed by atoms with Crippen LogP contribution in [0, 0.1) is 0 Å². The molecule has 0 fully saturated rings. The standard InChI is InChI=1S/C10H14N2O/c1-7(13)8-5-9(10(2,3)4)12-6-11-8/h5-6H,1-4H3. The highest BCUT2D eigenvalue weighted by molar-refractivity contribution is 5.92. The summed E-state index contributed by atoms with van der Waals surface area (Å²) in [6.07, 6.45) is 1.44. The van der Waals surface area contributed by atoms with Gasteiger partial charge < -0.3 is 0 Å². The minimum atomic E-state index is -0.0346. The molecule has 0 saturated carbocycles. The molecule has 0 aliphatic rings. The Morgan fingerprint density at radius 2 is 1.92 bits per heavy atom. The number of ketones is 1. The van der Waals surface area contributed by atoms with Gasteiger partial charge in [0.05, 0.1) is 0 Å². The smallest absolute Gasteiger partial charge is 0.178 e. The van der Waals surface area contributed by atoms with Gasteiger partial charge in [-0.05, 0) is 6.07 Å². The van der Waals surface area contributed by atoms with Gasteiger partial charge in [0, 0.05) is 18.0 Å². The van der Waals surface area contributed by atoms with Gasteiger partial charge in [0.1, 0.15) is 12.0 Å². The first-order valence-electron chi connectivity index (χ1n) is 4.25. The number of aromatic nitrogens is 2. The van der Waals surface area contributed by atoms with Crippen molar-refractivity contribution in [2.24, 2.45) is 0 Å². The Morgan fingerprint density at radius 1 is 1.31 bits per heavy atom. The van der Waals surface area contributed by atoms with E-state index in [0.717, 1.165) is 5.69 Å². The van der Waals surface area contributed by atoms with E-state index < -0.39 is 0 Å². The Kier molecular flexibility index (Phi) is 2.45. The maximum Gasteiger partial charge on any atom is 0.178 e. The van der Waals surface area contributed by atoms with E-state index >= 15 is 0 Å². The van der Waals surface area contributed by atoms with Crippen molar-refractivity contribution < 1.29 is 4.79 Å². The fourth-order valence-corrected chi connectivity index (χ4v) is 0.960. The predicted octanol–water partition coefficient (Wildman–Crippen LogP) is 1.98. The van der Waals surface area contributed by atoms with E-state index in [1.165, 1.54) is 13.3 Å². The van der Waals surface area contributed by atoms with Crippen LogP contribution in [-0.4, -0.2) is 15.8 Å². The number of hydrogen-bond acceptors (Lipinski definition) is 3. The zero-order valence-electron chi connectivity index (χ0n) is 8.46. The Balaban J connectivity index is 3.13. The van der Waals surface area contributed by atoms with Crippen LogP contribution < -0.4 is 0 Å². The lowest BCUT2D eigenvalue weighted by atomic mass is 9.91. The molecule has 70 valence electrons. The SMILES string of the molecule is CC(=O)c1cc(C(C)(C)C)ncn1. The fourth-order valence-electron chi connectivity index (χ4n) is 0.960. The average Bonchev–Trinajstić information content (AvgIpc) is 2.03. The quantitative estimate of drug-likeness (QED) is 0.617. The topological polar surface area (TPSA) is 42.9 Å². The lowest BCUT2D eigenvalue weighted by molar-refractivity contribution is 0.101. The molecule has 0 unspecified atom stereocenters. The maximum atomic E-state index is 11.0. The van der Waals surface area contributed by atoms with Gasteiger partial charge >= 0.3 is 0 Å². The number of hydrogen-bond donors (Lipinski definition) is 0. The molecule has 0 aromatic carbocycles. The minimum absolute atomic E-state index is 0.0205. The number of rotatable bonds is 1. The van der Waals surface area contributed by atoms with Crippen LogP contribution in [-0.2, 0) is 5.41 Å². The van der Waals surface area contributed by atoms with E-state index in [1.54, 1.807) is 6.07 Å². The van der Waals surface area contributed by atoms with Gasteiger partial charge in [-0.15, -0.1) is 0 Å². The Hall–Kier alpha value is -1.25. The molecule has 0 radical (unpaired) electrons. The molecule has 3 heteroatoms. The zero-order valence-corrected chi connectivity index (χ0v) is 8.46. The van der Waals surface area contributed by atoms with E-state index in [4.69, 9.17) is 0 Å². The van der Waals surface area contributed by atoms with Crippen molar-refractivity contribution in [1.29, 1.82) is 0 Å². The van der Waals surface area contributed by atoms with Crippen LogP contribution in [0.2, 0.25) is 0 Å². The minimum Gasteiger partial charge on any atom is -0.293 e. The van der Waals surface area contributed by atoms with Crippen LogP contribution in [0.3, 0.4) is 0 Å². The second-order valence-electron chi connectivity index (χ2n) is 4.09. The second-order valence-corrected chi connectivity index (χ2v) is 4.09. The van der Waals surface area contributed by atoms with Crippen molar-refractivity contribution in [2.45, 2.75) is 33.1 Å². The van der Waals surface area contributed by atoms with E-state index in [1.807, 2.05) is 0 Å². The summed E-state index contributed by atoms with van der Waals surface area (Å²) in [5.41, 5.74) is 1.35. The maximum absolute atomic E-state index is 11.0. The predicted molar refractivity (Wildman–Crippen MR) is 50.7 cm³/mol. The molecule has 0 atom stereocenters. The molecule has 3 nitrogen and oxygen atoms in total. The Bertz CT molecular complexity index is 326. The van der Waals surface area contributed by atoms with E-state index in [2.05, 4.69) is 30.7 Å². The molecule has 1 aromatic heterocycles. The van der Waals surface area contributed by atoms with Crippen LogP contribution in [0.1, 0.15) is 43.9 Å². The second kappa shape index (κ2) is 3.24. The van der Waals surface area contributed by atoms with Crippen molar-refractivity contribution in [3.05, 3.63) is 23.8 Å². The van der Waals surface area contributed by atoms with Crippen LogP contribution in [0.4, 0.5) is 0 Å². The summed E-state index contributed by atoms with van der Waals surface area (Å²) >= 11 is 0. The van der Waals surface area contributed by atoms with Gasteiger partial charge in [0.25, 0.3) is 0 Å². The number of carbonyl (C=O) groups excluding carboxylic acids is 1. The van der Waals surface area contributed by atoms with Crippen LogP contribution in [0.15, 0.2) is 12.4 Å². The third kappa shape index (κ3) is 2.34. The van der Waals surface area contributed by atoms with E-state index in [0.29, 0.717) is 5.69 Å². The van der Waals surface area contributed by atoms with Crippen molar-refractivity contribution >= 4 is 5.78 Å². The molecule has 13 heavy (non-hydrogen) atoms. The van der Waals surface area contributed by atoms with Gasteiger partial charge in [0.2, 0.25) is 0 Å². The summed E-state index contributed by atoms with van der Waals surface area (Å²) in [5.74, 6) is -0.0205. The summed E-state index contributed by atoms with van der Waals surface area (Å²) in [4.78, 5) is 19.1. The molecule has 1 aromatic rings. The molecule has 0 amide bonds. The highest BCUT2D eigenvalue weighted by Gasteiger charge is 2.16. The van der Waals surface area contributed by atoms with Gasteiger partial charge in [-0.3, -0.25) is 4.79 Å². The zero-order chi connectivity index (χ0) is 10.1. The number of carbonyl (C=O) groups is 1. The Morgan fingerprint density at radius 3 is 2.38 bits per heavy atom. The van der Waals surface area contributed by atoms with Crippen molar-refractivity contribution in [3.8, 4) is 0 Å². The third-order valence-corrected chi connectivity index (χ3v) is 1.80. The first kappa shape index (κ1) is 9.84. The normalized spacial score (nSPS) is 11.4. The molecular formula is C10H14N2O. The first-order valence-corrected chi connectivity index (χ1v) is 4.25. The molecular weight excluding hydrogens is 164 g/mol. The van der Waals surface area contributed by atoms with Gasteiger partial charge in [-0.2, -0.15) is 0 Å². The van der Waals surface area contributed by atoms with Crippen molar-refractivity contribution in [1.82, 2.24) is 9.97 Å². The fraction of sp³-hybridized carbons (Fsp3) is 0.500. The van der Waals surface area contributed by atoms with Crippen molar-refractivity contribution in [2.75, 3.05) is 0 Å². The average molecular weight is 178 g/mol. The molecule has 0 bridgehead atoms. The first-order chi connectivity index (χ1) is 5.91. The molecule has 0 spiro atoms. The largest absolute Gasteiger partial charge is 0.293 e. The summed E-state index contributed by atoms with van der Waals surface area (Å²) < 4.78 is 0. The molecule has 0 saturated heterocycles. The summed E-state index contributed by atoms with van der Waals surface area (Å²) in [5, 5.41) is 0. The molecule has 0 aliphatic carbocycles. The monoisotopic (exact) mass is 178 g/mol. The number of nitrogens with zero attached hydrogens (tertiary/aromatic N) is 2. The highest BCUT2D eigenvalue weighted by atomic mass is 16.1. The molecule has 0 N–H and O–H groups in total. The lowest BCUT2D eigenvalue weighted by Crippen LogP contribution is -2.15. The molecule has 0 aliphatic heterocycles. The highest BCUT2D eigenvalue weighted by Crippen LogP contribution is 2.19. The summed E-state index contributed by atoms with van der Waals surface area (Å²) in [7, 11) is 0. The van der Waals surface area contributed by atoms with Crippen LogP contribution >= 0.6 is 0 Å². The van der Waals surface area contributed by atoms with Crippen molar-refractivity contribution in [3.63, 3.8) is 0 Å². The van der Waals surface area contributed by atoms with Crippen LogP contribution in [0.5, 0.6) is 0 Å². The van der Waals surface area contributed by atoms with Gasteiger partial charge in [0.15, 0.2) is 5.78 Å². The summed E-state index contributed by atoms with van der Waals surface area (Å²) in [6.45, 7) is 7.67.